The third-order valence-electron chi connectivity index (χ3n) is 4.06. The maximum atomic E-state index is 11.4. The summed E-state index contributed by atoms with van der Waals surface area (Å²) in [6.45, 7) is 1.22. The lowest BCUT2D eigenvalue weighted by Gasteiger charge is -2.41. The topological polar surface area (TPSA) is 101 Å². The molecule has 1 aromatic rings. The number of rotatable bonds is 2. The first-order valence-corrected chi connectivity index (χ1v) is 7.13. The first-order chi connectivity index (χ1) is 10.1. The van der Waals surface area contributed by atoms with Gasteiger partial charge in [-0.2, -0.15) is 0 Å². The number of halogens is 1. The number of nitrogens with zero attached hydrogens (tertiary/aromatic N) is 4. The number of nitrogens with one attached hydrogen (secondary N) is 1. The second-order valence-electron chi connectivity index (χ2n) is 5.30. The largest absolute Gasteiger partial charge is 0.353 e. The Morgan fingerprint density at radius 2 is 2.24 bits per heavy atom. The summed E-state index contributed by atoms with van der Waals surface area (Å²) in [5.74, 6) is 0.626. The standard InChI is InChI=1S/C12H14ClN5O3/c13-11-10(18(20)21)12(15-6-14-11)17-4-3-8-7(5-17)1-2-9(19)16-8/h6-8H,1-5H2,(H,16,19). The third kappa shape index (κ3) is 2.63. The maximum Gasteiger partial charge on any atom is 0.348 e. The van der Waals surface area contributed by atoms with E-state index in [0.717, 1.165) is 12.8 Å². The highest BCUT2D eigenvalue weighted by molar-refractivity contribution is 6.31. The van der Waals surface area contributed by atoms with Gasteiger partial charge in [0.05, 0.1) is 4.92 Å². The van der Waals surface area contributed by atoms with Crippen LogP contribution in [0.25, 0.3) is 0 Å². The van der Waals surface area contributed by atoms with Crippen molar-refractivity contribution in [2.75, 3.05) is 18.0 Å². The van der Waals surface area contributed by atoms with Gasteiger partial charge in [-0.15, -0.1) is 0 Å². The summed E-state index contributed by atoms with van der Waals surface area (Å²) in [6, 6.07) is 0.152. The van der Waals surface area contributed by atoms with Gasteiger partial charge in [-0.3, -0.25) is 14.9 Å². The molecule has 3 heterocycles. The van der Waals surface area contributed by atoms with Gasteiger partial charge in [0.25, 0.3) is 0 Å². The molecular weight excluding hydrogens is 298 g/mol. The lowest BCUT2D eigenvalue weighted by Crippen LogP contribution is -2.54. The summed E-state index contributed by atoms with van der Waals surface area (Å²) < 4.78 is 0. The molecule has 0 radical (unpaired) electrons. The van der Waals surface area contributed by atoms with Crippen molar-refractivity contribution in [1.82, 2.24) is 15.3 Å². The minimum Gasteiger partial charge on any atom is -0.353 e. The fourth-order valence-electron chi connectivity index (χ4n) is 3.04. The van der Waals surface area contributed by atoms with Gasteiger partial charge in [0.1, 0.15) is 6.33 Å². The minimum absolute atomic E-state index is 0.0840. The zero-order chi connectivity index (χ0) is 15.0. The van der Waals surface area contributed by atoms with Crippen LogP contribution in [-0.4, -0.2) is 39.9 Å². The Morgan fingerprint density at radius 3 is 3.00 bits per heavy atom. The lowest BCUT2D eigenvalue weighted by molar-refractivity contribution is -0.384. The summed E-state index contributed by atoms with van der Waals surface area (Å²) >= 11 is 5.82. The van der Waals surface area contributed by atoms with E-state index in [4.69, 9.17) is 11.6 Å². The van der Waals surface area contributed by atoms with Crippen LogP contribution in [0.3, 0.4) is 0 Å². The second kappa shape index (κ2) is 5.44. The maximum absolute atomic E-state index is 11.4. The van der Waals surface area contributed by atoms with Gasteiger partial charge in [-0.1, -0.05) is 11.6 Å². The first kappa shape index (κ1) is 14.0. The monoisotopic (exact) mass is 311 g/mol. The molecule has 2 saturated heterocycles. The van der Waals surface area contributed by atoms with E-state index < -0.39 is 4.92 Å². The molecule has 3 rings (SSSR count). The molecule has 1 amide bonds. The molecule has 9 heteroatoms. The number of hydrogen-bond donors (Lipinski definition) is 1. The molecule has 0 bridgehead atoms. The summed E-state index contributed by atoms with van der Waals surface area (Å²) in [6.07, 6.45) is 3.27. The van der Waals surface area contributed by atoms with Gasteiger partial charge in [-0.05, 0) is 18.8 Å². The van der Waals surface area contributed by atoms with E-state index in [1.807, 2.05) is 4.90 Å². The summed E-state index contributed by atoms with van der Waals surface area (Å²) in [7, 11) is 0. The molecule has 2 unspecified atom stereocenters. The smallest absolute Gasteiger partial charge is 0.348 e. The Balaban J connectivity index is 1.85. The Morgan fingerprint density at radius 1 is 1.43 bits per heavy atom. The van der Waals surface area contributed by atoms with Crippen LogP contribution in [0.4, 0.5) is 11.5 Å². The van der Waals surface area contributed by atoms with Gasteiger partial charge in [-0.25, -0.2) is 9.97 Å². The van der Waals surface area contributed by atoms with E-state index in [1.165, 1.54) is 6.33 Å². The quantitative estimate of drug-likeness (QED) is 0.499. The van der Waals surface area contributed by atoms with Gasteiger partial charge in [0.2, 0.25) is 16.9 Å². The number of carbonyl (C=O) groups is 1. The van der Waals surface area contributed by atoms with Crippen LogP contribution >= 0.6 is 11.6 Å². The van der Waals surface area contributed by atoms with E-state index in [1.54, 1.807) is 0 Å². The second-order valence-corrected chi connectivity index (χ2v) is 5.66. The van der Waals surface area contributed by atoms with Crippen molar-refractivity contribution >= 4 is 29.0 Å². The molecule has 8 nitrogen and oxygen atoms in total. The molecule has 1 N–H and O–H groups in total. The summed E-state index contributed by atoms with van der Waals surface area (Å²) in [5.41, 5.74) is -0.252. The van der Waals surface area contributed by atoms with Crippen molar-refractivity contribution in [2.45, 2.75) is 25.3 Å². The zero-order valence-electron chi connectivity index (χ0n) is 11.2. The molecule has 2 atom stereocenters. The van der Waals surface area contributed by atoms with Crippen LogP contribution in [-0.2, 0) is 4.79 Å². The van der Waals surface area contributed by atoms with E-state index in [2.05, 4.69) is 15.3 Å². The number of fused-ring (bicyclic) bond motifs is 1. The molecular formula is C12H14ClN5O3. The molecule has 0 spiro atoms. The van der Waals surface area contributed by atoms with Gasteiger partial charge in [0, 0.05) is 25.6 Å². The summed E-state index contributed by atoms with van der Waals surface area (Å²) in [4.78, 5) is 31.6. The van der Waals surface area contributed by atoms with Crippen molar-refractivity contribution in [3.8, 4) is 0 Å². The molecule has 1 aromatic heterocycles. The van der Waals surface area contributed by atoms with Gasteiger partial charge in [0.15, 0.2) is 0 Å². The van der Waals surface area contributed by atoms with E-state index in [-0.39, 0.29) is 34.5 Å². The fourth-order valence-corrected chi connectivity index (χ4v) is 3.24. The molecule has 21 heavy (non-hydrogen) atoms. The normalized spacial score (nSPS) is 25.2. The highest BCUT2D eigenvalue weighted by atomic mass is 35.5. The van der Waals surface area contributed by atoms with Crippen LogP contribution in [0.15, 0.2) is 6.33 Å². The number of hydrogen-bond acceptors (Lipinski definition) is 6. The van der Waals surface area contributed by atoms with Crippen molar-refractivity contribution < 1.29 is 9.72 Å². The number of carbonyl (C=O) groups excluding carboxylic acids is 1. The molecule has 2 aliphatic rings. The summed E-state index contributed by atoms with van der Waals surface area (Å²) in [5, 5.41) is 14.0. The number of aromatic nitrogens is 2. The number of nitro groups is 1. The Kier molecular flexibility index (Phi) is 3.62. The number of amides is 1. The van der Waals surface area contributed by atoms with Crippen LogP contribution in [0.1, 0.15) is 19.3 Å². The number of anilines is 1. The Hall–Kier alpha value is -1.96. The minimum atomic E-state index is -0.549. The van der Waals surface area contributed by atoms with Crippen LogP contribution in [0.2, 0.25) is 5.15 Å². The van der Waals surface area contributed by atoms with Gasteiger partial charge >= 0.3 is 5.69 Å². The first-order valence-electron chi connectivity index (χ1n) is 6.75. The molecule has 2 aliphatic heterocycles. The molecule has 112 valence electrons. The molecule has 0 saturated carbocycles. The number of piperidine rings is 2. The highest BCUT2D eigenvalue weighted by Crippen LogP contribution is 2.35. The highest BCUT2D eigenvalue weighted by Gasteiger charge is 2.36. The molecule has 2 fully saturated rings. The average Bonchev–Trinajstić information content (AvgIpc) is 2.46. The van der Waals surface area contributed by atoms with Crippen molar-refractivity contribution in [3.05, 3.63) is 21.6 Å². The lowest BCUT2D eigenvalue weighted by atomic mass is 9.85. The average molecular weight is 312 g/mol. The van der Waals surface area contributed by atoms with Crippen LogP contribution < -0.4 is 10.2 Å². The Bertz CT molecular complexity index is 596. The molecule has 0 aliphatic carbocycles. The third-order valence-corrected chi connectivity index (χ3v) is 4.34. The van der Waals surface area contributed by atoms with Crippen LogP contribution in [0, 0.1) is 16.0 Å². The predicted octanol–water partition coefficient (Wildman–Crippen LogP) is 1.14. The van der Waals surface area contributed by atoms with Crippen molar-refractivity contribution in [1.29, 1.82) is 0 Å². The zero-order valence-corrected chi connectivity index (χ0v) is 11.9. The van der Waals surface area contributed by atoms with Crippen molar-refractivity contribution in [3.63, 3.8) is 0 Å². The van der Waals surface area contributed by atoms with Crippen LogP contribution in [0.5, 0.6) is 0 Å². The van der Waals surface area contributed by atoms with Gasteiger partial charge < -0.3 is 10.2 Å². The Labute approximate surface area is 125 Å². The van der Waals surface area contributed by atoms with E-state index in [0.29, 0.717) is 19.5 Å². The van der Waals surface area contributed by atoms with Crippen molar-refractivity contribution in [2.24, 2.45) is 5.92 Å². The SMILES string of the molecule is O=C1CCC2CN(c3ncnc(Cl)c3[N+](=O)[O-])CCC2N1. The molecule has 0 aromatic carbocycles. The van der Waals surface area contributed by atoms with E-state index >= 15 is 0 Å². The van der Waals surface area contributed by atoms with E-state index in [9.17, 15) is 14.9 Å². The predicted molar refractivity (Wildman–Crippen MR) is 75.2 cm³/mol. The fraction of sp³-hybridized carbons (Fsp3) is 0.583.